The van der Waals surface area contributed by atoms with E-state index in [4.69, 9.17) is 23.2 Å². The molecule has 1 aromatic rings. The zero-order chi connectivity index (χ0) is 12.4. The van der Waals surface area contributed by atoms with Crippen molar-refractivity contribution in [3.63, 3.8) is 0 Å². The molecular formula is C13H15Cl2NO. The highest BCUT2D eigenvalue weighted by molar-refractivity contribution is 6.34. The van der Waals surface area contributed by atoms with Gasteiger partial charge in [0.1, 0.15) is 0 Å². The zero-order valence-electron chi connectivity index (χ0n) is 9.67. The summed E-state index contributed by atoms with van der Waals surface area (Å²) >= 11 is 11.9. The number of hydrogen-bond donors (Lipinski definition) is 1. The highest BCUT2D eigenvalue weighted by atomic mass is 35.5. The van der Waals surface area contributed by atoms with Crippen LogP contribution in [0.1, 0.15) is 31.2 Å². The number of carbonyl (C=O) groups excluding carboxylic acids is 1. The second-order valence-corrected chi connectivity index (χ2v) is 5.32. The summed E-state index contributed by atoms with van der Waals surface area (Å²) < 4.78 is 0. The summed E-state index contributed by atoms with van der Waals surface area (Å²) in [6.07, 6.45) is 1.86. The van der Waals surface area contributed by atoms with Gasteiger partial charge in [-0.05, 0) is 42.5 Å². The van der Waals surface area contributed by atoms with Gasteiger partial charge in [-0.2, -0.15) is 0 Å². The number of rotatable bonds is 4. The molecule has 1 N–H and O–H groups in total. The lowest BCUT2D eigenvalue weighted by Gasteiger charge is -2.04. The number of hydrogen-bond acceptors (Lipinski definition) is 1. The van der Waals surface area contributed by atoms with E-state index >= 15 is 0 Å². The standard InChI is InChI=1S/C13H15Cl2NO/c1-2-3-16-13(17)12-7-11(12)8-4-9(14)6-10(15)5-8/h4-6,11-12H,2-3,7H2,1H3,(H,16,17)/t11-,12-/m0/s1. The minimum absolute atomic E-state index is 0.0936. The molecule has 2 rings (SSSR count). The second-order valence-electron chi connectivity index (χ2n) is 4.44. The fourth-order valence-electron chi connectivity index (χ4n) is 2.02. The smallest absolute Gasteiger partial charge is 0.223 e. The topological polar surface area (TPSA) is 29.1 Å². The van der Waals surface area contributed by atoms with Gasteiger partial charge in [0.15, 0.2) is 0 Å². The molecule has 2 nitrogen and oxygen atoms in total. The number of halogens is 2. The molecule has 1 aliphatic rings. The van der Waals surface area contributed by atoms with E-state index < -0.39 is 0 Å². The normalized spacial score (nSPS) is 22.3. The molecule has 0 unspecified atom stereocenters. The molecule has 1 fully saturated rings. The molecule has 2 atom stereocenters. The fourth-order valence-corrected chi connectivity index (χ4v) is 2.56. The van der Waals surface area contributed by atoms with Crippen molar-refractivity contribution in [2.45, 2.75) is 25.7 Å². The van der Waals surface area contributed by atoms with E-state index in [1.807, 2.05) is 19.1 Å². The van der Waals surface area contributed by atoms with Crippen LogP contribution in [0, 0.1) is 5.92 Å². The van der Waals surface area contributed by atoms with E-state index in [1.165, 1.54) is 0 Å². The van der Waals surface area contributed by atoms with Crippen LogP contribution in [0.25, 0.3) is 0 Å². The van der Waals surface area contributed by atoms with Crippen LogP contribution in [0.4, 0.5) is 0 Å². The van der Waals surface area contributed by atoms with Crippen LogP contribution in [-0.2, 0) is 4.79 Å². The van der Waals surface area contributed by atoms with Crippen molar-refractivity contribution in [2.75, 3.05) is 6.54 Å². The van der Waals surface area contributed by atoms with Gasteiger partial charge in [0, 0.05) is 22.5 Å². The fraction of sp³-hybridized carbons (Fsp3) is 0.462. The van der Waals surface area contributed by atoms with Crippen LogP contribution < -0.4 is 5.32 Å². The van der Waals surface area contributed by atoms with Crippen LogP contribution in [0.5, 0.6) is 0 Å². The van der Waals surface area contributed by atoms with Gasteiger partial charge in [0.25, 0.3) is 0 Å². The van der Waals surface area contributed by atoms with E-state index in [2.05, 4.69) is 5.32 Å². The molecule has 92 valence electrons. The molecule has 0 saturated heterocycles. The summed E-state index contributed by atoms with van der Waals surface area (Å²) in [6.45, 7) is 2.79. The first-order valence-electron chi connectivity index (χ1n) is 5.85. The summed E-state index contributed by atoms with van der Waals surface area (Å²) in [5.74, 6) is 0.520. The van der Waals surface area contributed by atoms with Crippen molar-refractivity contribution in [3.05, 3.63) is 33.8 Å². The Bertz CT molecular complexity index is 413. The summed E-state index contributed by atoms with van der Waals surface area (Å²) in [5.41, 5.74) is 1.07. The van der Waals surface area contributed by atoms with Crippen molar-refractivity contribution in [3.8, 4) is 0 Å². The number of carbonyl (C=O) groups is 1. The first kappa shape index (κ1) is 12.7. The minimum Gasteiger partial charge on any atom is -0.356 e. The Kier molecular flexibility index (Phi) is 3.95. The zero-order valence-corrected chi connectivity index (χ0v) is 11.2. The van der Waals surface area contributed by atoms with Crippen molar-refractivity contribution in [2.24, 2.45) is 5.92 Å². The average Bonchev–Trinajstić information content (AvgIpc) is 3.04. The molecule has 0 radical (unpaired) electrons. The van der Waals surface area contributed by atoms with Gasteiger partial charge in [-0.3, -0.25) is 4.79 Å². The quantitative estimate of drug-likeness (QED) is 0.891. The van der Waals surface area contributed by atoms with Gasteiger partial charge in [0.05, 0.1) is 0 Å². The highest BCUT2D eigenvalue weighted by Gasteiger charge is 2.43. The number of nitrogens with one attached hydrogen (secondary N) is 1. The third-order valence-electron chi connectivity index (χ3n) is 2.99. The van der Waals surface area contributed by atoms with Gasteiger partial charge in [-0.15, -0.1) is 0 Å². The van der Waals surface area contributed by atoms with Crippen molar-refractivity contribution in [1.82, 2.24) is 5.32 Å². The molecule has 1 aliphatic carbocycles. The molecule has 0 aromatic heterocycles. The average molecular weight is 272 g/mol. The maximum atomic E-state index is 11.7. The monoisotopic (exact) mass is 271 g/mol. The molecule has 0 aliphatic heterocycles. The van der Waals surface area contributed by atoms with E-state index in [0.29, 0.717) is 10.0 Å². The summed E-state index contributed by atoms with van der Waals surface area (Å²) in [7, 11) is 0. The predicted molar refractivity (Wildman–Crippen MR) is 70.6 cm³/mol. The Morgan fingerprint density at radius 2 is 2.00 bits per heavy atom. The Balaban J connectivity index is 2.00. The first-order valence-corrected chi connectivity index (χ1v) is 6.61. The molecule has 17 heavy (non-hydrogen) atoms. The third kappa shape index (κ3) is 3.14. The largest absolute Gasteiger partial charge is 0.356 e. The van der Waals surface area contributed by atoms with Crippen molar-refractivity contribution in [1.29, 1.82) is 0 Å². The molecule has 0 spiro atoms. The van der Waals surface area contributed by atoms with Gasteiger partial charge < -0.3 is 5.32 Å². The van der Waals surface area contributed by atoms with Crippen LogP contribution in [-0.4, -0.2) is 12.5 Å². The molecule has 1 saturated carbocycles. The molecule has 0 bridgehead atoms. The molecule has 0 heterocycles. The van der Waals surface area contributed by atoms with Crippen LogP contribution in [0.15, 0.2) is 18.2 Å². The van der Waals surface area contributed by atoms with Crippen LogP contribution >= 0.6 is 23.2 Å². The van der Waals surface area contributed by atoms with E-state index in [9.17, 15) is 4.79 Å². The number of benzene rings is 1. The van der Waals surface area contributed by atoms with Gasteiger partial charge in [-0.25, -0.2) is 0 Å². The Morgan fingerprint density at radius 1 is 1.35 bits per heavy atom. The van der Waals surface area contributed by atoms with Gasteiger partial charge in [0.2, 0.25) is 5.91 Å². The highest BCUT2D eigenvalue weighted by Crippen LogP contribution is 2.48. The SMILES string of the molecule is CCCNC(=O)[C@H]1C[C@H]1c1cc(Cl)cc(Cl)c1. The Morgan fingerprint density at radius 3 is 2.59 bits per heavy atom. The second kappa shape index (κ2) is 5.28. The van der Waals surface area contributed by atoms with E-state index in [1.54, 1.807) is 6.07 Å². The number of amides is 1. The summed E-state index contributed by atoms with van der Waals surface area (Å²) in [5, 5.41) is 4.18. The predicted octanol–water partition coefficient (Wildman–Crippen LogP) is 3.62. The van der Waals surface area contributed by atoms with Crippen molar-refractivity contribution >= 4 is 29.1 Å². The van der Waals surface area contributed by atoms with Crippen LogP contribution in [0.3, 0.4) is 0 Å². The summed E-state index contributed by atoms with van der Waals surface area (Å²) in [4.78, 5) is 11.7. The van der Waals surface area contributed by atoms with E-state index in [-0.39, 0.29) is 17.7 Å². The van der Waals surface area contributed by atoms with Gasteiger partial charge >= 0.3 is 0 Å². The first-order chi connectivity index (χ1) is 8.11. The maximum Gasteiger partial charge on any atom is 0.223 e. The van der Waals surface area contributed by atoms with Gasteiger partial charge in [-0.1, -0.05) is 30.1 Å². The van der Waals surface area contributed by atoms with E-state index in [0.717, 1.165) is 24.9 Å². The lowest BCUT2D eigenvalue weighted by atomic mass is 10.1. The lowest BCUT2D eigenvalue weighted by molar-refractivity contribution is -0.122. The maximum absolute atomic E-state index is 11.7. The Labute approximate surface area is 111 Å². The molecule has 1 aromatic carbocycles. The summed E-state index contributed by atoms with van der Waals surface area (Å²) in [6, 6.07) is 5.50. The molecule has 4 heteroatoms. The Hall–Kier alpha value is -0.730. The lowest BCUT2D eigenvalue weighted by Crippen LogP contribution is -2.25. The van der Waals surface area contributed by atoms with Crippen molar-refractivity contribution < 1.29 is 4.79 Å². The molecule has 1 amide bonds. The van der Waals surface area contributed by atoms with Crippen LogP contribution in [0.2, 0.25) is 10.0 Å². The minimum atomic E-state index is 0.0936. The third-order valence-corrected chi connectivity index (χ3v) is 3.43. The molecular weight excluding hydrogens is 257 g/mol.